The summed E-state index contributed by atoms with van der Waals surface area (Å²) in [6.07, 6.45) is 8.23. The molecule has 10 heteroatoms. The monoisotopic (exact) mass is 519 g/mol. The highest BCUT2D eigenvalue weighted by Gasteiger charge is 2.28. The van der Waals surface area contributed by atoms with Crippen LogP contribution in [0.25, 0.3) is 22.3 Å². The molecule has 6 rings (SSSR count). The molecule has 4 aromatic rings. The Bertz CT molecular complexity index is 1660. The summed E-state index contributed by atoms with van der Waals surface area (Å²) in [5.41, 5.74) is 2.87. The molecule has 0 spiro atoms. The Morgan fingerprint density at radius 3 is 2.32 bits per heavy atom. The second-order valence-corrected chi connectivity index (χ2v) is 11.9. The molecule has 9 nitrogen and oxygen atoms in total. The fourth-order valence-corrected chi connectivity index (χ4v) is 5.70. The van der Waals surface area contributed by atoms with Crippen molar-refractivity contribution in [2.24, 2.45) is 11.8 Å². The van der Waals surface area contributed by atoms with Gasteiger partial charge in [-0.1, -0.05) is 18.2 Å². The van der Waals surface area contributed by atoms with Crippen LogP contribution in [0.3, 0.4) is 0 Å². The topological polar surface area (TPSA) is 119 Å². The first-order chi connectivity index (χ1) is 17.9. The number of pyridine rings is 1. The van der Waals surface area contributed by atoms with Gasteiger partial charge in [-0.2, -0.15) is 0 Å². The van der Waals surface area contributed by atoms with E-state index in [1.54, 1.807) is 41.2 Å². The van der Waals surface area contributed by atoms with Gasteiger partial charge in [0.05, 0.1) is 10.4 Å². The third-order valence-electron chi connectivity index (χ3n) is 7.19. The standard InChI is InChI=1S/C27H29N5O4S/c33-26-25-24(31(16-19-3-4-19)27(34)32(26)17-20-5-6-20)14-23(30-25)21-7-9-22(10-8-21)37(35,36)29-13-11-18-2-1-12-28-15-18/h1-2,7-10,12,14-15,19-20,29-30H,3-6,11,13,16-17H2. The van der Waals surface area contributed by atoms with Gasteiger partial charge in [-0.3, -0.25) is 18.9 Å². The summed E-state index contributed by atoms with van der Waals surface area (Å²) in [4.78, 5) is 33.9. The molecule has 0 bridgehead atoms. The quantitative estimate of drug-likeness (QED) is 0.334. The molecule has 2 N–H and O–H groups in total. The number of hydrogen-bond donors (Lipinski definition) is 2. The van der Waals surface area contributed by atoms with E-state index in [2.05, 4.69) is 14.7 Å². The third kappa shape index (κ3) is 5.03. The van der Waals surface area contributed by atoms with Crippen LogP contribution in [-0.4, -0.2) is 34.1 Å². The molecule has 2 saturated carbocycles. The minimum atomic E-state index is -3.67. The lowest BCUT2D eigenvalue weighted by molar-refractivity contribution is 0.522. The fraction of sp³-hybridized carbons (Fsp3) is 0.370. The molecule has 3 aromatic heterocycles. The van der Waals surface area contributed by atoms with Crippen molar-refractivity contribution in [3.63, 3.8) is 0 Å². The van der Waals surface area contributed by atoms with E-state index in [1.165, 1.54) is 4.57 Å². The molecule has 0 atom stereocenters. The Morgan fingerprint density at radius 2 is 1.68 bits per heavy atom. The van der Waals surface area contributed by atoms with E-state index < -0.39 is 10.0 Å². The maximum atomic E-state index is 13.2. The van der Waals surface area contributed by atoms with Gasteiger partial charge >= 0.3 is 5.69 Å². The zero-order valence-corrected chi connectivity index (χ0v) is 21.2. The van der Waals surface area contributed by atoms with E-state index in [-0.39, 0.29) is 22.7 Å². The van der Waals surface area contributed by atoms with Crippen molar-refractivity contribution in [2.75, 3.05) is 6.54 Å². The van der Waals surface area contributed by atoms with Gasteiger partial charge in [0.15, 0.2) is 0 Å². The Balaban J connectivity index is 1.27. The number of aromatic amines is 1. The van der Waals surface area contributed by atoms with E-state index in [0.717, 1.165) is 36.8 Å². The van der Waals surface area contributed by atoms with Gasteiger partial charge in [-0.15, -0.1) is 0 Å². The predicted octanol–water partition coefficient (Wildman–Crippen LogP) is 2.89. The summed E-state index contributed by atoms with van der Waals surface area (Å²) < 4.78 is 31.3. The van der Waals surface area contributed by atoms with Gasteiger partial charge in [0.25, 0.3) is 5.56 Å². The summed E-state index contributed by atoms with van der Waals surface area (Å²) in [6.45, 7) is 1.34. The van der Waals surface area contributed by atoms with E-state index in [0.29, 0.717) is 48.1 Å². The van der Waals surface area contributed by atoms with Crippen LogP contribution in [0.15, 0.2) is 69.3 Å². The summed E-state index contributed by atoms with van der Waals surface area (Å²) in [6, 6.07) is 12.1. The summed E-state index contributed by atoms with van der Waals surface area (Å²) in [5.74, 6) is 0.875. The molecule has 0 unspecified atom stereocenters. The first-order valence-electron chi connectivity index (χ1n) is 12.7. The molecule has 0 radical (unpaired) electrons. The maximum Gasteiger partial charge on any atom is 0.331 e. The van der Waals surface area contributed by atoms with Crippen molar-refractivity contribution in [1.29, 1.82) is 0 Å². The number of benzene rings is 1. The lowest BCUT2D eigenvalue weighted by Crippen LogP contribution is -2.40. The van der Waals surface area contributed by atoms with Crippen LogP contribution in [0.1, 0.15) is 31.2 Å². The molecular weight excluding hydrogens is 490 g/mol. The van der Waals surface area contributed by atoms with Crippen molar-refractivity contribution in [3.05, 3.63) is 81.3 Å². The SMILES string of the molecule is O=c1c2[nH]c(-c3ccc(S(=O)(=O)NCCc4cccnc4)cc3)cc2n(CC2CC2)c(=O)n1CC1CC1. The van der Waals surface area contributed by atoms with E-state index >= 15 is 0 Å². The minimum absolute atomic E-state index is 0.163. The molecule has 2 fully saturated rings. The average molecular weight is 520 g/mol. The first kappa shape index (κ1) is 23.9. The number of nitrogens with one attached hydrogen (secondary N) is 2. The van der Waals surface area contributed by atoms with Crippen molar-refractivity contribution >= 4 is 21.1 Å². The van der Waals surface area contributed by atoms with Gasteiger partial charge in [0.2, 0.25) is 10.0 Å². The smallest absolute Gasteiger partial charge is 0.331 e. The van der Waals surface area contributed by atoms with Gasteiger partial charge in [-0.05, 0) is 79.3 Å². The Hall–Kier alpha value is -3.50. The molecular formula is C27H29N5O4S. The van der Waals surface area contributed by atoms with Crippen LogP contribution in [-0.2, 0) is 29.5 Å². The number of nitrogens with zero attached hydrogens (tertiary/aromatic N) is 3. The third-order valence-corrected chi connectivity index (χ3v) is 8.66. The zero-order valence-electron chi connectivity index (χ0n) is 20.4. The minimum Gasteiger partial charge on any atom is -0.349 e. The number of sulfonamides is 1. The van der Waals surface area contributed by atoms with Crippen LogP contribution in [0.4, 0.5) is 0 Å². The summed E-state index contributed by atoms with van der Waals surface area (Å²) in [5, 5.41) is 0. The van der Waals surface area contributed by atoms with Crippen LogP contribution in [0.2, 0.25) is 0 Å². The van der Waals surface area contributed by atoms with Gasteiger partial charge in [-0.25, -0.2) is 17.9 Å². The summed E-state index contributed by atoms with van der Waals surface area (Å²) >= 11 is 0. The molecule has 37 heavy (non-hydrogen) atoms. The van der Waals surface area contributed by atoms with Crippen molar-refractivity contribution in [1.82, 2.24) is 23.8 Å². The van der Waals surface area contributed by atoms with E-state index in [4.69, 9.17) is 0 Å². The molecule has 0 saturated heterocycles. The molecule has 2 aliphatic rings. The Kier molecular flexibility index (Phi) is 6.08. The van der Waals surface area contributed by atoms with Crippen molar-refractivity contribution < 1.29 is 8.42 Å². The molecule has 0 aliphatic heterocycles. The number of rotatable bonds is 10. The van der Waals surface area contributed by atoms with Crippen LogP contribution < -0.4 is 16.0 Å². The predicted molar refractivity (Wildman–Crippen MR) is 141 cm³/mol. The lowest BCUT2D eigenvalue weighted by Gasteiger charge is -2.11. The molecule has 0 amide bonds. The zero-order chi connectivity index (χ0) is 25.6. The highest BCUT2D eigenvalue weighted by Crippen LogP contribution is 2.32. The maximum absolute atomic E-state index is 13.2. The van der Waals surface area contributed by atoms with Gasteiger partial charge in [0.1, 0.15) is 5.52 Å². The highest BCUT2D eigenvalue weighted by atomic mass is 32.2. The van der Waals surface area contributed by atoms with Gasteiger partial charge < -0.3 is 4.98 Å². The second kappa shape index (κ2) is 9.42. The average Bonchev–Trinajstić information content (AvgIpc) is 3.84. The highest BCUT2D eigenvalue weighted by molar-refractivity contribution is 7.89. The molecule has 3 heterocycles. The normalized spacial score (nSPS) is 15.9. The largest absolute Gasteiger partial charge is 0.349 e. The van der Waals surface area contributed by atoms with Crippen LogP contribution in [0.5, 0.6) is 0 Å². The molecule has 192 valence electrons. The second-order valence-electron chi connectivity index (χ2n) is 10.2. The van der Waals surface area contributed by atoms with E-state index in [1.807, 2.05) is 18.2 Å². The van der Waals surface area contributed by atoms with Crippen molar-refractivity contribution in [3.8, 4) is 11.3 Å². The van der Waals surface area contributed by atoms with Gasteiger partial charge in [0, 0.05) is 37.7 Å². The van der Waals surface area contributed by atoms with Crippen LogP contribution >= 0.6 is 0 Å². The van der Waals surface area contributed by atoms with E-state index in [9.17, 15) is 18.0 Å². The number of aromatic nitrogens is 4. The summed E-state index contributed by atoms with van der Waals surface area (Å²) in [7, 11) is -3.67. The number of hydrogen-bond acceptors (Lipinski definition) is 5. The Morgan fingerprint density at radius 1 is 0.973 bits per heavy atom. The lowest BCUT2D eigenvalue weighted by atomic mass is 10.1. The molecule has 2 aliphatic carbocycles. The number of fused-ring (bicyclic) bond motifs is 1. The molecule has 1 aromatic carbocycles. The van der Waals surface area contributed by atoms with Crippen LogP contribution in [0, 0.1) is 11.8 Å². The fourth-order valence-electron chi connectivity index (χ4n) is 4.67. The number of H-pyrrole nitrogens is 1. The van der Waals surface area contributed by atoms with Crippen molar-refractivity contribution in [2.45, 2.75) is 50.1 Å². The first-order valence-corrected chi connectivity index (χ1v) is 14.2. The Labute approximate surface area is 214 Å².